The lowest BCUT2D eigenvalue weighted by Gasteiger charge is -2.11. The first-order chi connectivity index (χ1) is 11.4. The Hall–Kier alpha value is -2.43. The number of nitrogens with one attached hydrogen (secondary N) is 1. The number of rotatable bonds is 4. The fraction of sp³-hybridized carbons (Fsp3) is 0.188. The molecule has 1 aliphatic rings. The molecule has 0 radical (unpaired) electrons. The highest BCUT2D eigenvalue weighted by Gasteiger charge is 2.23. The second kappa shape index (κ2) is 7.90. The fourth-order valence-electron chi connectivity index (χ4n) is 1.84. The number of aliphatic imine (C=N–C) groups is 1. The molecule has 124 valence electrons. The predicted molar refractivity (Wildman–Crippen MR) is 94.2 cm³/mol. The zero-order valence-corrected chi connectivity index (χ0v) is 14.5. The Bertz CT molecular complexity index is 796. The van der Waals surface area contributed by atoms with Gasteiger partial charge in [-0.05, 0) is 35.5 Å². The summed E-state index contributed by atoms with van der Waals surface area (Å²) < 4.78 is 10.6. The van der Waals surface area contributed by atoms with Crippen LogP contribution in [0.15, 0.2) is 22.0 Å². The van der Waals surface area contributed by atoms with E-state index in [9.17, 15) is 9.59 Å². The summed E-state index contributed by atoms with van der Waals surface area (Å²) in [5.41, 5.74) is 0.625. The monoisotopic (exact) mass is 364 g/mol. The minimum absolute atomic E-state index is 0.0543. The molecule has 0 spiro atoms. The van der Waals surface area contributed by atoms with Gasteiger partial charge in [0.25, 0.3) is 5.91 Å². The lowest BCUT2D eigenvalue weighted by molar-refractivity contribution is -0.117. The van der Waals surface area contributed by atoms with E-state index in [4.69, 9.17) is 27.5 Å². The first-order valence-corrected chi connectivity index (χ1v) is 7.88. The van der Waals surface area contributed by atoms with E-state index in [0.29, 0.717) is 27.0 Å². The molecule has 0 saturated carbocycles. The van der Waals surface area contributed by atoms with Gasteiger partial charge in [0.15, 0.2) is 16.7 Å². The quantitative estimate of drug-likeness (QED) is 0.656. The molecular formula is C16H13ClN2O4S. The van der Waals surface area contributed by atoms with Crippen LogP contribution in [0.3, 0.4) is 0 Å². The number of hydrogen-bond donors (Lipinski definition) is 1. The minimum Gasteiger partial charge on any atom is -0.493 e. The third kappa shape index (κ3) is 4.31. The standard InChI is InChI=1S/C16H13ClN2O4S/c1-4-5-23-14-11(17)6-10(7-12(14)22-3)8-13-15(21)19-16(24-13)18-9(2)20/h1,6-8H,5H2,2-3H3,(H,18,19,20,21)/b13-8-. The smallest absolute Gasteiger partial charge is 0.286 e. The number of carbonyl (C=O) groups is 2. The maximum absolute atomic E-state index is 11.9. The van der Waals surface area contributed by atoms with Crippen molar-refractivity contribution in [2.45, 2.75) is 6.92 Å². The van der Waals surface area contributed by atoms with Crippen LogP contribution in [0.4, 0.5) is 0 Å². The Balaban J connectivity index is 2.28. The topological polar surface area (TPSA) is 77.0 Å². The highest BCUT2D eigenvalue weighted by Crippen LogP contribution is 2.38. The largest absolute Gasteiger partial charge is 0.493 e. The van der Waals surface area contributed by atoms with Crippen LogP contribution in [0.5, 0.6) is 11.5 Å². The van der Waals surface area contributed by atoms with E-state index < -0.39 is 5.91 Å². The first-order valence-electron chi connectivity index (χ1n) is 6.68. The van der Waals surface area contributed by atoms with E-state index in [0.717, 1.165) is 11.8 Å². The molecule has 1 aliphatic heterocycles. The molecule has 0 fully saturated rings. The highest BCUT2D eigenvalue weighted by atomic mass is 35.5. The molecule has 6 nitrogen and oxygen atoms in total. The maximum atomic E-state index is 11.9. The second-order valence-electron chi connectivity index (χ2n) is 4.54. The number of thioether (sulfide) groups is 1. The van der Waals surface area contributed by atoms with Crippen LogP contribution in [0, 0.1) is 12.3 Å². The molecular weight excluding hydrogens is 352 g/mol. The van der Waals surface area contributed by atoms with Crippen LogP contribution >= 0.6 is 23.4 Å². The number of amidine groups is 1. The Morgan fingerprint density at radius 2 is 2.29 bits per heavy atom. The van der Waals surface area contributed by atoms with Gasteiger partial charge < -0.3 is 14.8 Å². The van der Waals surface area contributed by atoms with E-state index in [-0.39, 0.29) is 17.7 Å². The predicted octanol–water partition coefficient (Wildman–Crippen LogP) is 2.47. The molecule has 0 aromatic heterocycles. The van der Waals surface area contributed by atoms with Gasteiger partial charge in [-0.25, -0.2) is 0 Å². The van der Waals surface area contributed by atoms with Gasteiger partial charge in [-0.1, -0.05) is 17.5 Å². The Morgan fingerprint density at radius 3 is 2.92 bits per heavy atom. The van der Waals surface area contributed by atoms with Crippen LogP contribution in [0.2, 0.25) is 5.02 Å². The lowest BCUT2D eigenvalue weighted by atomic mass is 10.2. The molecule has 8 heteroatoms. The first kappa shape index (κ1) is 17.9. The van der Waals surface area contributed by atoms with E-state index in [1.807, 2.05) is 0 Å². The zero-order chi connectivity index (χ0) is 17.7. The summed E-state index contributed by atoms with van der Waals surface area (Å²) in [4.78, 5) is 27.0. The van der Waals surface area contributed by atoms with E-state index in [2.05, 4.69) is 16.2 Å². The second-order valence-corrected chi connectivity index (χ2v) is 5.98. The van der Waals surface area contributed by atoms with Gasteiger partial charge in [-0.15, -0.1) is 6.42 Å². The van der Waals surface area contributed by atoms with Gasteiger partial charge in [0.2, 0.25) is 5.91 Å². The Kier molecular flexibility index (Phi) is 5.90. The molecule has 1 aromatic rings. The van der Waals surface area contributed by atoms with Gasteiger partial charge in [0, 0.05) is 6.92 Å². The van der Waals surface area contributed by atoms with Crippen molar-refractivity contribution in [1.29, 1.82) is 0 Å². The van der Waals surface area contributed by atoms with Crippen molar-refractivity contribution >= 4 is 46.4 Å². The van der Waals surface area contributed by atoms with Gasteiger partial charge in [-0.2, -0.15) is 4.99 Å². The van der Waals surface area contributed by atoms with Crippen molar-refractivity contribution in [3.05, 3.63) is 27.6 Å². The number of amides is 2. The number of benzene rings is 1. The number of methoxy groups -OCH3 is 1. The van der Waals surface area contributed by atoms with Crippen molar-refractivity contribution in [3.8, 4) is 23.8 Å². The van der Waals surface area contributed by atoms with Crippen LogP contribution in [-0.4, -0.2) is 30.7 Å². The molecule has 1 heterocycles. The molecule has 0 atom stereocenters. The van der Waals surface area contributed by atoms with Gasteiger partial charge in [0.05, 0.1) is 17.0 Å². The maximum Gasteiger partial charge on any atom is 0.286 e. The average molecular weight is 365 g/mol. The molecule has 0 bridgehead atoms. The molecule has 0 aliphatic carbocycles. The normalized spacial score (nSPS) is 15.0. The highest BCUT2D eigenvalue weighted by molar-refractivity contribution is 8.18. The summed E-state index contributed by atoms with van der Waals surface area (Å²) in [5, 5.41) is 3.02. The van der Waals surface area contributed by atoms with Crippen molar-refractivity contribution in [3.63, 3.8) is 0 Å². The van der Waals surface area contributed by atoms with E-state index >= 15 is 0 Å². The SMILES string of the molecule is C#CCOc1c(Cl)cc(/C=C2\SC(NC(C)=O)=NC2=O)cc1OC. The number of hydrogen-bond acceptors (Lipinski definition) is 5. The average Bonchev–Trinajstić information content (AvgIpc) is 2.84. The molecule has 1 aromatic carbocycles. The van der Waals surface area contributed by atoms with Gasteiger partial charge >= 0.3 is 0 Å². The van der Waals surface area contributed by atoms with Crippen LogP contribution in [-0.2, 0) is 9.59 Å². The summed E-state index contributed by atoms with van der Waals surface area (Å²) in [6.07, 6.45) is 6.77. The molecule has 0 saturated heterocycles. The van der Waals surface area contributed by atoms with Crippen LogP contribution < -0.4 is 14.8 Å². The third-order valence-electron chi connectivity index (χ3n) is 2.75. The number of nitrogens with zero attached hydrogens (tertiary/aromatic N) is 1. The lowest BCUT2D eigenvalue weighted by Crippen LogP contribution is -2.23. The van der Waals surface area contributed by atoms with E-state index in [1.54, 1.807) is 18.2 Å². The summed E-state index contributed by atoms with van der Waals surface area (Å²) in [6.45, 7) is 1.40. The van der Waals surface area contributed by atoms with E-state index in [1.165, 1.54) is 14.0 Å². The van der Waals surface area contributed by atoms with Crippen LogP contribution in [0.25, 0.3) is 6.08 Å². The number of carbonyl (C=O) groups excluding carboxylic acids is 2. The molecule has 2 rings (SSSR count). The van der Waals surface area contributed by atoms with Gasteiger partial charge in [0.1, 0.15) is 6.61 Å². The molecule has 0 unspecified atom stereocenters. The van der Waals surface area contributed by atoms with Crippen molar-refractivity contribution in [1.82, 2.24) is 5.32 Å². The molecule has 2 amide bonds. The summed E-state index contributed by atoms with van der Waals surface area (Å²) in [6, 6.07) is 3.28. The zero-order valence-electron chi connectivity index (χ0n) is 12.9. The third-order valence-corrected chi connectivity index (χ3v) is 3.93. The van der Waals surface area contributed by atoms with Crippen molar-refractivity contribution in [2.75, 3.05) is 13.7 Å². The number of ether oxygens (including phenoxy) is 2. The minimum atomic E-state index is -0.438. The van der Waals surface area contributed by atoms with Crippen molar-refractivity contribution < 1.29 is 19.1 Å². The number of halogens is 1. The fourth-order valence-corrected chi connectivity index (χ4v) is 2.97. The summed E-state index contributed by atoms with van der Waals surface area (Å²) >= 11 is 7.26. The molecule has 1 N–H and O–H groups in total. The van der Waals surface area contributed by atoms with Gasteiger partial charge in [-0.3, -0.25) is 9.59 Å². The number of terminal acetylenes is 1. The summed E-state index contributed by atoms with van der Waals surface area (Å²) in [7, 11) is 1.47. The summed E-state index contributed by atoms with van der Waals surface area (Å²) in [5.74, 6) is 2.34. The Morgan fingerprint density at radius 1 is 1.54 bits per heavy atom. The van der Waals surface area contributed by atoms with Crippen molar-refractivity contribution in [2.24, 2.45) is 4.99 Å². The molecule has 24 heavy (non-hydrogen) atoms. The van der Waals surface area contributed by atoms with Crippen LogP contribution in [0.1, 0.15) is 12.5 Å². The Labute approximate surface area is 148 Å².